The third-order valence-corrected chi connectivity index (χ3v) is 12.9. The monoisotopic (exact) mass is 474 g/mol. The van der Waals surface area contributed by atoms with Gasteiger partial charge in [0.25, 0.3) is 0 Å². The lowest BCUT2D eigenvalue weighted by molar-refractivity contribution is -0.134. The normalized spacial score (nSPS) is 54.7. The molecule has 0 aliphatic heterocycles. The Morgan fingerprint density at radius 2 is 1.59 bits per heavy atom. The molecule has 0 aromatic carbocycles. The smallest absolute Gasteiger partial charge is 0.0644 e. The Bertz CT molecular complexity index is 856. The summed E-state index contributed by atoms with van der Waals surface area (Å²) in [4.78, 5) is 0. The maximum Gasteiger partial charge on any atom is 0.0644 e. The molecule has 34 heavy (non-hydrogen) atoms. The largest absolute Gasteiger partial charge is 0.393 e. The van der Waals surface area contributed by atoms with Crippen LogP contribution in [0.4, 0.5) is 0 Å². The molecule has 0 radical (unpaired) electrons. The van der Waals surface area contributed by atoms with Crippen LogP contribution in [0.3, 0.4) is 0 Å². The highest BCUT2D eigenvalue weighted by Crippen LogP contribution is 2.74. The summed E-state index contributed by atoms with van der Waals surface area (Å²) in [5, 5.41) is 44.4. The fourth-order valence-electron chi connectivity index (χ4n) is 10.7. The van der Waals surface area contributed by atoms with Gasteiger partial charge in [0.15, 0.2) is 0 Å². The maximum absolute atomic E-state index is 11.6. The Morgan fingerprint density at radius 3 is 2.21 bits per heavy atom. The van der Waals surface area contributed by atoms with Crippen LogP contribution in [0.2, 0.25) is 0 Å². The second-order valence-corrected chi connectivity index (χ2v) is 15.0. The molecule has 5 rings (SSSR count). The summed E-state index contributed by atoms with van der Waals surface area (Å²) in [6.07, 6.45) is 9.02. The van der Waals surface area contributed by atoms with Crippen molar-refractivity contribution >= 4 is 0 Å². The van der Waals surface area contributed by atoms with Crippen LogP contribution in [-0.2, 0) is 0 Å². The lowest BCUT2D eigenvalue weighted by Gasteiger charge is -2.64. The van der Waals surface area contributed by atoms with Crippen molar-refractivity contribution in [2.75, 3.05) is 0 Å². The van der Waals surface area contributed by atoms with E-state index < -0.39 is 17.8 Å². The molecule has 4 heteroatoms. The SMILES string of the molecule is CC(C)(O)[C@H]1CCC([C@@H]2[C@@H](O)C[C@]3(C)C4=CC[C@H]5C(C)(C)[C@@H](O)CC[C@]5(C)[C@H]4CC[C@@]23C)[C@@H]1O. The molecule has 4 nitrogen and oxygen atoms in total. The van der Waals surface area contributed by atoms with E-state index in [1.54, 1.807) is 5.57 Å². The Hall–Kier alpha value is -0.420. The molecule has 0 amide bonds. The lowest BCUT2D eigenvalue weighted by atomic mass is 9.41. The summed E-state index contributed by atoms with van der Waals surface area (Å²) < 4.78 is 0. The molecule has 0 saturated heterocycles. The highest BCUT2D eigenvalue weighted by atomic mass is 16.3. The van der Waals surface area contributed by atoms with Gasteiger partial charge < -0.3 is 20.4 Å². The van der Waals surface area contributed by atoms with E-state index in [2.05, 4.69) is 40.7 Å². The van der Waals surface area contributed by atoms with Crippen LogP contribution in [0.1, 0.15) is 99.8 Å². The van der Waals surface area contributed by atoms with Gasteiger partial charge in [-0.1, -0.05) is 46.3 Å². The minimum absolute atomic E-state index is 0.0473. The first-order valence-electron chi connectivity index (χ1n) is 14.1. The van der Waals surface area contributed by atoms with Gasteiger partial charge in [0, 0.05) is 5.92 Å². The fourth-order valence-corrected chi connectivity index (χ4v) is 10.7. The van der Waals surface area contributed by atoms with Crippen molar-refractivity contribution in [2.24, 2.45) is 51.2 Å². The molecular formula is C30H50O4. The summed E-state index contributed by atoms with van der Waals surface area (Å²) in [7, 11) is 0. The number of allylic oxidation sites excluding steroid dienone is 2. The number of hydrogen-bond donors (Lipinski definition) is 4. The number of aliphatic hydroxyl groups excluding tert-OH is 3. The minimum Gasteiger partial charge on any atom is -0.393 e. The van der Waals surface area contributed by atoms with E-state index in [9.17, 15) is 20.4 Å². The highest BCUT2D eigenvalue weighted by Gasteiger charge is 2.68. The molecule has 0 bridgehead atoms. The van der Waals surface area contributed by atoms with Crippen molar-refractivity contribution in [2.45, 2.75) is 124 Å². The Morgan fingerprint density at radius 1 is 0.912 bits per heavy atom. The maximum atomic E-state index is 11.6. The zero-order chi connectivity index (χ0) is 25.1. The lowest BCUT2D eigenvalue weighted by Crippen LogP contribution is -2.58. The van der Waals surface area contributed by atoms with Gasteiger partial charge in [-0.25, -0.2) is 0 Å². The van der Waals surface area contributed by atoms with Gasteiger partial charge in [0.1, 0.15) is 0 Å². The molecule has 0 aromatic heterocycles. The standard InChI is InChI=1S/C30H50O4/c1-26(2)22-11-10-19-18(28(22,5)14-13-23(26)32)12-15-29(6)24(21(31)16-30(19,29)7)17-8-9-20(25(17)33)27(3,4)34/h10,17-18,20-25,31-34H,8-9,11-16H2,1-7H3/t17?,18-,20-,21-,22-,23-,24+,25-,28+,29-,30+/m0/s1. The fraction of sp³-hybridized carbons (Fsp3) is 0.933. The zero-order valence-corrected chi connectivity index (χ0v) is 22.6. The summed E-state index contributed by atoms with van der Waals surface area (Å²) in [6.45, 7) is 15.5. The molecule has 0 spiro atoms. The van der Waals surface area contributed by atoms with E-state index in [1.165, 1.54) is 0 Å². The first-order chi connectivity index (χ1) is 15.6. The van der Waals surface area contributed by atoms with Crippen molar-refractivity contribution in [1.82, 2.24) is 0 Å². The molecule has 5 aliphatic rings. The van der Waals surface area contributed by atoms with E-state index >= 15 is 0 Å². The van der Waals surface area contributed by atoms with Crippen LogP contribution >= 0.6 is 0 Å². The van der Waals surface area contributed by atoms with Crippen LogP contribution < -0.4 is 0 Å². The van der Waals surface area contributed by atoms with Crippen molar-refractivity contribution < 1.29 is 20.4 Å². The number of rotatable bonds is 2. The van der Waals surface area contributed by atoms with Crippen LogP contribution in [-0.4, -0.2) is 44.3 Å². The van der Waals surface area contributed by atoms with Gasteiger partial charge in [-0.3, -0.25) is 0 Å². The topological polar surface area (TPSA) is 80.9 Å². The van der Waals surface area contributed by atoms with E-state index in [0.717, 1.165) is 51.4 Å². The summed E-state index contributed by atoms with van der Waals surface area (Å²) >= 11 is 0. The van der Waals surface area contributed by atoms with Gasteiger partial charge >= 0.3 is 0 Å². The molecule has 4 fully saturated rings. The first kappa shape index (κ1) is 25.2. The van der Waals surface area contributed by atoms with E-state index in [1.807, 2.05) is 13.8 Å². The highest BCUT2D eigenvalue weighted by molar-refractivity contribution is 5.34. The van der Waals surface area contributed by atoms with Crippen LogP contribution in [0.25, 0.3) is 0 Å². The van der Waals surface area contributed by atoms with Gasteiger partial charge in [-0.05, 0) is 111 Å². The molecule has 11 atom stereocenters. The van der Waals surface area contributed by atoms with Crippen molar-refractivity contribution in [3.8, 4) is 0 Å². The molecule has 194 valence electrons. The van der Waals surface area contributed by atoms with Gasteiger partial charge in [-0.15, -0.1) is 0 Å². The predicted octanol–water partition coefficient (Wildman–Crippen LogP) is 5.08. The molecule has 0 aromatic rings. The third kappa shape index (κ3) is 3.10. The Labute approximate surface area is 207 Å². The summed E-state index contributed by atoms with van der Waals surface area (Å²) in [6, 6.07) is 0. The number of aliphatic hydroxyl groups is 4. The molecule has 0 heterocycles. The summed E-state index contributed by atoms with van der Waals surface area (Å²) in [5.41, 5.74) is 0.670. The Kier molecular flexibility index (Phi) is 5.61. The van der Waals surface area contributed by atoms with Gasteiger partial charge in [-0.2, -0.15) is 0 Å². The zero-order valence-electron chi connectivity index (χ0n) is 22.6. The molecular weight excluding hydrogens is 424 g/mol. The quantitative estimate of drug-likeness (QED) is 0.421. The summed E-state index contributed by atoms with van der Waals surface area (Å²) in [5.74, 6) is 0.986. The van der Waals surface area contributed by atoms with Crippen molar-refractivity contribution in [3.05, 3.63) is 11.6 Å². The third-order valence-electron chi connectivity index (χ3n) is 12.9. The van der Waals surface area contributed by atoms with Gasteiger partial charge in [0.2, 0.25) is 0 Å². The van der Waals surface area contributed by atoms with Crippen LogP contribution in [0, 0.1) is 51.2 Å². The number of fused-ring (bicyclic) bond motifs is 5. The Balaban J connectivity index is 1.50. The van der Waals surface area contributed by atoms with E-state index in [4.69, 9.17) is 0 Å². The number of hydrogen-bond acceptors (Lipinski definition) is 4. The van der Waals surface area contributed by atoms with Crippen LogP contribution in [0.15, 0.2) is 11.6 Å². The molecule has 5 aliphatic carbocycles. The van der Waals surface area contributed by atoms with Crippen LogP contribution in [0.5, 0.6) is 0 Å². The molecule has 4 N–H and O–H groups in total. The average Bonchev–Trinajstić information content (AvgIpc) is 3.19. The van der Waals surface area contributed by atoms with E-state index in [0.29, 0.717) is 11.8 Å². The average molecular weight is 475 g/mol. The van der Waals surface area contributed by atoms with E-state index in [-0.39, 0.29) is 45.5 Å². The predicted molar refractivity (Wildman–Crippen MR) is 135 cm³/mol. The minimum atomic E-state index is -0.895. The first-order valence-corrected chi connectivity index (χ1v) is 14.1. The van der Waals surface area contributed by atoms with Crippen molar-refractivity contribution in [1.29, 1.82) is 0 Å². The second kappa shape index (κ2) is 7.55. The molecule has 1 unspecified atom stereocenters. The van der Waals surface area contributed by atoms with Crippen molar-refractivity contribution in [3.63, 3.8) is 0 Å². The molecule has 4 saturated carbocycles. The second-order valence-electron chi connectivity index (χ2n) is 15.0. The van der Waals surface area contributed by atoms with Gasteiger partial charge in [0.05, 0.1) is 23.9 Å².